The summed E-state index contributed by atoms with van der Waals surface area (Å²) in [6.45, 7) is 6.58. The molecule has 0 aliphatic rings. The summed E-state index contributed by atoms with van der Waals surface area (Å²) in [6, 6.07) is 0. The summed E-state index contributed by atoms with van der Waals surface area (Å²) in [5, 5.41) is 11.1. The predicted molar refractivity (Wildman–Crippen MR) is 50.3 cm³/mol. The van der Waals surface area contributed by atoms with Crippen LogP contribution in [0.2, 0.25) is 0 Å². The van der Waals surface area contributed by atoms with Crippen LogP contribution in [0.1, 0.15) is 13.8 Å². The first-order valence-corrected chi connectivity index (χ1v) is 3.75. The molecule has 0 spiro atoms. The molecule has 13 heavy (non-hydrogen) atoms. The predicted octanol–water partition coefficient (Wildman–Crippen LogP) is 1.22. The van der Waals surface area contributed by atoms with Crippen LogP contribution in [-0.2, 0) is 9.53 Å². The van der Waals surface area contributed by atoms with Gasteiger partial charge in [0.15, 0.2) is 0 Å². The van der Waals surface area contributed by atoms with Crippen molar-refractivity contribution in [2.24, 2.45) is 0 Å². The van der Waals surface area contributed by atoms with Gasteiger partial charge in [-0.25, -0.2) is 4.79 Å². The second kappa shape index (κ2) is 5.13. The van der Waals surface area contributed by atoms with Crippen molar-refractivity contribution in [3.8, 4) is 0 Å². The Morgan fingerprint density at radius 3 is 2.54 bits per heavy atom. The van der Waals surface area contributed by atoms with Gasteiger partial charge in [0.25, 0.3) is 0 Å². The number of hydrogen-bond donors (Lipinski definition) is 0. The number of methoxy groups -OCH3 is 1. The molecular formula is C9H13NO3. The molecular weight excluding hydrogens is 170 g/mol. The highest BCUT2D eigenvalue weighted by molar-refractivity contribution is 5.92. The molecule has 1 amide bonds. The van der Waals surface area contributed by atoms with E-state index >= 15 is 0 Å². The van der Waals surface area contributed by atoms with Gasteiger partial charge in [-0.2, -0.15) is 0 Å². The van der Waals surface area contributed by atoms with Gasteiger partial charge in [-0.05, 0) is 13.0 Å². The monoisotopic (exact) mass is 183 g/mol. The number of nitrogens with zero attached hydrogens (tertiary/aromatic N) is 1. The highest BCUT2D eigenvalue weighted by Crippen LogP contribution is 1.96. The fraction of sp³-hybridized carbons (Fsp3) is 0.333. The van der Waals surface area contributed by atoms with Gasteiger partial charge in [0.1, 0.15) is 0 Å². The molecule has 0 heterocycles. The number of amides is 1. The lowest BCUT2D eigenvalue weighted by atomic mass is 10.2. The van der Waals surface area contributed by atoms with Gasteiger partial charge in [0, 0.05) is 0 Å². The first-order valence-electron chi connectivity index (χ1n) is 3.75. The minimum atomic E-state index is -0.711. The topological polar surface area (TPSA) is 52.4 Å². The number of ether oxygens (including phenoxy) is 1. The second-order valence-corrected chi connectivity index (χ2v) is 2.35. The van der Waals surface area contributed by atoms with Gasteiger partial charge in [-0.3, -0.25) is 0 Å². The van der Waals surface area contributed by atoms with Crippen molar-refractivity contribution in [3.63, 3.8) is 0 Å². The summed E-state index contributed by atoms with van der Waals surface area (Å²) in [7, 11) is 1.33. The van der Waals surface area contributed by atoms with Crippen LogP contribution in [0.5, 0.6) is 0 Å². The van der Waals surface area contributed by atoms with Crippen LogP contribution in [0, 0.1) is 5.21 Å². The molecule has 0 aromatic heterocycles. The van der Waals surface area contributed by atoms with Crippen molar-refractivity contribution < 1.29 is 14.3 Å². The lowest BCUT2D eigenvalue weighted by Crippen LogP contribution is -2.22. The van der Waals surface area contributed by atoms with Crippen LogP contribution >= 0.6 is 0 Å². The quantitative estimate of drug-likeness (QED) is 0.123. The number of allylic oxidation sites excluding steroid dienone is 1. The van der Waals surface area contributed by atoms with E-state index in [1.165, 1.54) is 20.1 Å². The van der Waals surface area contributed by atoms with E-state index in [0.29, 0.717) is 0 Å². The first-order chi connectivity index (χ1) is 6.04. The van der Waals surface area contributed by atoms with Gasteiger partial charge in [-0.15, -0.1) is 0 Å². The largest absolute Gasteiger partial charge is 0.613 e. The normalized spacial score (nSPS) is 12.5. The van der Waals surface area contributed by atoms with Gasteiger partial charge < -0.3 is 9.94 Å². The maximum absolute atomic E-state index is 11.2. The summed E-state index contributed by atoms with van der Waals surface area (Å²) in [5.41, 5.74) is 0.133. The zero-order valence-electron chi connectivity index (χ0n) is 8.03. The van der Waals surface area contributed by atoms with Gasteiger partial charge in [0.05, 0.1) is 19.6 Å². The average molecular weight is 183 g/mol. The first kappa shape index (κ1) is 11.4. The molecule has 0 aliphatic carbocycles. The third kappa shape index (κ3) is 3.11. The van der Waals surface area contributed by atoms with Crippen LogP contribution in [0.25, 0.3) is 0 Å². The molecule has 72 valence electrons. The van der Waals surface area contributed by atoms with E-state index in [9.17, 15) is 10.0 Å². The molecule has 0 bridgehead atoms. The average Bonchev–Trinajstić information content (AvgIpc) is 2.14. The summed E-state index contributed by atoms with van der Waals surface area (Å²) < 4.78 is 4.77. The number of hydrogen-bond acceptors (Lipinski definition) is 3. The highest BCUT2D eigenvalue weighted by atomic mass is 16.5. The SMILES string of the molecule is C=C(/C=C\C)C(=O)/[N+]([O-])=C(/C)OC. The lowest BCUT2D eigenvalue weighted by Gasteiger charge is -2.03. The van der Waals surface area contributed by atoms with E-state index in [4.69, 9.17) is 0 Å². The van der Waals surface area contributed by atoms with Crippen molar-refractivity contribution in [2.45, 2.75) is 13.8 Å². The highest BCUT2D eigenvalue weighted by Gasteiger charge is 2.16. The van der Waals surface area contributed by atoms with E-state index in [2.05, 4.69) is 11.3 Å². The minimum Gasteiger partial charge on any atom is -0.613 e. The third-order valence-corrected chi connectivity index (χ3v) is 1.41. The van der Waals surface area contributed by atoms with E-state index in [1.807, 2.05) is 0 Å². The smallest absolute Gasteiger partial charge is 0.432 e. The molecule has 0 rings (SSSR count). The molecule has 0 saturated carbocycles. The fourth-order valence-electron chi connectivity index (χ4n) is 0.629. The van der Waals surface area contributed by atoms with E-state index < -0.39 is 5.91 Å². The number of carbonyl (C=O) groups excluding carboxylic acids is 1. The maximum Gasteiger partial charge on any atom is 0.432 e. The molecule has 0 atom stereocenters. The molecule has 0 aromatic carbocycles. The number of rotatable bonds is 2. The lowest BCUT2D eigenvalue weighted by molar-refractivity contribution is -0.386. The Morgan fingerprint density at radius 1 is 1.62 bits per heavy atom. The van der Waals surface area contributed by atoms with Crippen molar-refractivity contribution >= 4 is 11.8 Å². The Kier molecular flexibility index (Phi) is 4.51. The molecule has 0 N–H and O–H groups in total. The summed E-state index contributed by atoms with van der Waals surface area (Å²) in [5.74, 6) is -0.715. The Bertz CT molecular complexity index is 277. The second-order valence-electron chi connectivity index (χ2n) is 2.35. The van der Waals surface area contributed by atoms with Crippen LogP contribution in [0.3, 0.4) is 0 Å². The summed E-state index contributed by atoms with van der Waals surface area (Å²) in [4.78, 5) is 11.2. The minimum absolute atomic E-state index is 0.00402. The molecule has 4 nitrogen and oxygen atoms in total. The summed E-state index contributed by atoms with van der Waals surface area (Å²) >= 11 is 0. The zero-order valence-corrected chi connectivity index (χ0v) is 8.03. The van der Waals surface area contributed by atoms with E-state index in [-0.39, 0.29) is 16.2 Å². The van der Waals surface area contributed by atoms with Crippen molar-refractivity contribution in [1.29, 1.82) is 0 Å². The van der Waals surface area contributed by atoms with Gasteiger partial charge in [0.2, 0.25) is 0 Å². The van der Waals surface area contributed by atoms with Crippen LogP contribution in [0.15, 0.2) is 24.3 Å². The Hall–Kier alpha value is -1.58. The molecule has 0 saturated heterocycles. The van der Waals surface area contributed by atoms with Crippen molar-refractivity contribution in [2.75, 3.05) is 7.11 Å². The maximum atomic E-state index is 11.2. The molecule has 0 fully saturated rings. The van der Waals surface area contributed by atoms with Gasteiger partial charge in [-0.1, -0.05) is 17.4 Å². The van der Waals surface area contributed by atoms with Crippen LogP contribution in [-0.4, -0.2) is 23.7 Å². The third-order valence-electron chi connectivity index (χ3n) is 1.41. The van der Waals surface area contributed by atoms with Crippen LogP contribution in [0.4, 0.5) is 0 Å². The number of hydroxylamine groups is 1. The standard InChI is InChI=1S/C9H13NO3/c1-5-6-7(2)9(11)10(12)8(3)13-4/h5-6H,2H2,1,3-4H3/b6-5-,10-8+. The summed E-state index contributed by atoms with van der Waals surface area (Å²) in [6.07, 6.45) is 3.10. The molecule has 4 heteroatoms. The molecule has 0 aromatic rings. The van der Waals surface area contributed by atoms with E-state index in [1.54, 1.807) is 13.0 Å². The van der Waals surface area contributed by atoms with Crippen molar-refractivity contribution in [1.82, 2.24) is 0 Å². The van der Waals surface area contributed by atoms with Gasteiger partial charge >= 0.3 is 11.8 Å². The fourth-order valence-corrected chi connectivity index (χ4v) is 0.629. The Labute approximate surface area is 77.4 Å². The van der Waals surface area contributed by atoms with Crippen LogP contribution < -0.4 is 0 Å². The van der Waals surface area contributed by atoms with Crippen molar-refractivity contribution in [3.05, 3.63) is 29.5 Å². The molecule has 0 unspecified atom stereocenters. The molecule has 0 radical (unpaired) electrons. The number of carbonyl (C=O) groups is 1. The Balaban J connectivity index is 4.71. The van der Waals surface area contributed by atoms with E-state index in [0.717, 1.165) is 0 Å². The zero-order chi connectivity index (χ0) is 10.4. The molecule has 0 aliphatic heterocycles. The Morgan fingerprint density at radius 2 is 2.15 bits per heavy atom.